The molecule has 0 fully saturated rings. The Labute approximate surface area is 513 Å². The molecule has 2 aliphatic carbocycles. The van der Waals surface area contributed by atoms with E-state index >= 15 is 0 Å². The largest absolute Gasteiger partial charge is 0.310 e. The second kappa shape index (κ2) is 26.0. The number of aromatic nitrogens is 1. The molecular formula is C82H84N4. The van der Waals surface area contributed by atoms with Gasteiger partial charge < -0.3 is 9.47 Å². The molecule has 12 rings (SSSR count). The van der Waals surface area contributed by atoms with Crippen molar-refractivity contribution in [2.24, 2.45) is 0 Å². The first kappa shape index (κ1) is 58.0. The van der Waals surface area contributed by atoms with Crippen LogP contribution in [-0.4, -0.2) is 4.57 Å². The van der Waals surface area contributed by atoms with Crippen LogP contribution in [0.3, 0.4) is 0 Å². The fraction of sp³-hybridized carbons (Fsp3) is 0.317. The maximum atomic E-state index is 9.76. The maximum Gasteiger partial charge on any atom is 0.187 e. The zero-order valence-corrected chi connectivity index (χ0v) is 51.4. The summed E-state index contributed by atoms with van der Waals surface area (Å²) in [6.07, 6.45) is 23.9. The monoisotopic (exact) mass is 1120 g/mol. The molecule has 86 heavy (non-hydrogen) atoms. The minimum Gasteiger partial charge on any atom is -0.310 e. The van der Waals surface area contributed by atoms with E-state index in [1.165, 1.54) is 192 Å². The van der Waals surface area contributed by atoms with Crippen LogP contribution in [0.1, 0.15) is 184 Å². The van der Waals surface area contributed by atoms with Crippen LogP contribution < -0.4 is 4.90 Å². The predicted octanol–water partition coefficient (Wildman–Crippen LogP) is 24.4. The molecule has 2 aliphatic rings. The van der Waals surface area contributed by atoms with Gasteiger partial charge in [-0.3, -0.25) is 0 Å². The molecule has 0 radical (unpaired) electrons. The first-order chi connectivity index (χ1) is 42.4. The van der Waals surface area contributed by atoms with Gasteiger partial charge in [0.2, 0.25) is 0 Å². The molecule has 1 aromatic heterocycles. The van der Waals surface area contributed by atoms with Crippen LogP contribution in [0.4, 0.5) is 22.7 Å². The Balaban J connectivity index is 1.06. The SMILES string of the molecule is [C-]#[N+]c1ccc(-c2ccc3c(c2)C(CCCCCC)(CCCCCC)c2cc(N(c4ccc(-n5c6ccccc6c6ccccc65)cc4)c4ccc5c(c4)C(CCCCCC)(CCCCCC)c4cc(-c6ccc(C#N)cc6)ccc4-5)ccc2-3)cc1. The van der Waals surface area contributed by atoms with Gasteiger partial charge in [-0.05, 0) is 177 Å². The van der Waals surface area contributed by atoms with Gasteiger partial charge in [0.25, 0.3) is 0 Å². The maximum absolute atomic E-state index is 9.76. The Morgan fingerprint density at radius 2 is 0.767 bits per heavy atom. The number of rotatable bonds is 26. The number of hydrogen-bond acceptors (Lipinski definition) is 2. The lowest BCUT2D eigenvalue weighted by Crippen LogP contribution is -2.26. The summed E-state index contributed by atoms with van der Waals surface area (Å²) in [5.41, 5.74) is 24.2. The summed E-state index contributed by atoms with van der Waals surface area (Å²) in [6, 6.07) is 75.5. The van der Waals surface area contributed by atoms with E-state index in [1.54, 1.807) is 0 Å². The van der Waals surface area contributed by atoms with Crippen molar-refractivity contribution in [3.8, 4) is 56.3 Å². The van der Waals surface area contributed by atoms with Crippen molar-refractivity contribution < 1.29 is 0 Å². The first-order valence-corrected chi connectivity index (χ1v) is 32.8. The summed E-state index contributed by atoms with van der Waals surface area (Å²) < 4.78 is 2.44. The normalized spacial score (nSPS) is 13.3. The molecule has 0 atom stereocenters. The van der Waals surface area contributed by atoms with Crippen molar-refractivity contribution in [1.82, 2.24) is 4.57 Å². The Morgan fingerprint density at radius 3 is 1.17 bits per heavy atom. The summed E-state index contributed by atoms with van der Waals surface area (Å²) in [7, 11) is 0. The number of unbranched alkanes of at least 4 members (excludes halogenated alkanes) is 12. The number of benzene rings is 9. The molecule has 1 heterocycles. The number of nitriles is 1. The van der Waals surface area contributed by atoms with Crippen molar-refractivity contribution in [2.75, 3.05) is 4.90 Å². The number of nitrogens with zero attached hydrogens (tertiary/aromatic N) is 4. The van der Waals surface area contributed by atoms with Crippen molar-refractivity contribution in [2.45, 2.75) is 167 Å². The molecule has 0 N–H and O–H groups in total. The van der Waals surface area contributed by atoms with Gasteiger partial charge in [0.1, 0.15) is 0 Å². The van der Waals surface area contributed by atoms with Gasteiger partial charge in [-0.1, -0.05) is 240 Å². The van der Waals surface area contributed by atoms with E-state index in [0.29, 0.717) is 11.3 Å². The lowest BCUT2D eigenvalue weighted by atomic mass is 9.70. The van der Waals surface area contributed by atoms with E-state index in [9.17, 15) is 5.26 Å². The third kappa shape index (κ3) is 11.0. The molecule has 10 aromatic rings. The molecule has 0 saturated heterocycles. The van der Waals surface area contributed by atoms with Gasteiger partial charge >= 0.3 is 0 Å². The van der Waals surface area contributed by atoms with Crippen LogP contribution in [0.15, 0.2) is 194 Å². The van der Waals surface area contributed by atoms with Gasteiger partial charge in [0, 0.05) is 44.4 Å². The molecule has 4 heteroatoms. The topological polar surface area (TPSA) is 36.3 Å². The van der Waals surface area contributed by atoms with Crippen LogP contribution >= 0.6 is 0 Å². The van der Waals surface area contributed by atoms with Crippen LogP contribution in [-0.2, 0) is 10.8 Å². The number of para-hydroxylation sites is 2. The van der Waals surface area contributed by atoms with Crippen LogP contribution in [0.5, 0.6) is 0 Å². The zero-order chi connectivity index (χ0) is 59.0. The van der Waals surface area contributed by atoms with E-state index in [4.69, 9.17) is 6.57 Å². The van der Waals surface area contributed by atoms with Crippen LogP contribution in [0.25, 0.3) is 76.8 Å². The predicted molar refractivity (Wildman–Crippen MR) is 365 cm³/mol. The second-order valence-corrected chi connectivity index (χ2v) is 25.0. The van der Waals surface area contributed by atoms with Crippen LogP contribution in [0, 0.1) is 17.9 Å². The van der Waals surface area contributed by atoms with Crippen molar-refractivity contribution >= 4 is 44.6 Å². The van der Waals surface area contributed by atoms with Gasteiger partial charge in [-0.15, -0.1) is 0 Å². The average Bonchev–Trinajstić information content (AvgIpc) is 1.60. The molecule has 4 nitrogen and oxygen atoms in total. The molecule has 0 saturated carbocycles. The molecule has 0 amide bonds. The first-order valence-electron chi connectivity index (χ1n) is 32.8. The van der Waals surface area contributed by atoms with Gasteiger partial charge in [-0.2, -0.15) is 5.26 Å². The Morgan fingerprint density at radius 1 is 0.395 bits per heavy atom. The zero-order valence-electron chi connectivity index (χ0n) is 51.4. The lowest BCUT2D eigenvalue weighted by Gasteiger charge is -2.35. The Bertz CT molecular complexity index is 3820. The highest BCUT2D eigenvalue weighted by atomic mass is 15.1. The summed E-state index contributed by atoms with van der Waals surface area (Å²) in [5.74, 6) is 0. The second-order valence-electron chi connectivity index (χ2n) is 25.0. The van der Waals surface area contributed by atoms with Crippen LogP contribution in [0.2, 0.25) is 0 Å². The molecule has 0 spiro atoms. The van der Waals surface area contributed by atoms with Gasteiger partial charge in [-0.25, -0.2) is 4.85 Å². The Kier molecular flexibility index (Phi) is 17.6. The highest BCUT2D eigenvalue weighted by Gasteiger charge is 2.45. The number of anilines is 3. The summed E-state index contributed by atoms with van der Waals surface area (Å²) in [6.45, 7) is 17.0. The molecule has 0 unspecified atom stereocenters. The number of fused-ring (bicyclic) bond motifs is 9. The van der Waals surface area contributed by atoms with Crippen molar-refractivity contribution in [3.63, 3.8) is 0 Å². The quantitative estimate of drug-likeness (QED) is 0.0400. The third-order valence-electron chi connectivity index (χ3n) is 19.7. The molecule has 0 bridgehead atoms. The van der Waals surface area contributed by atoms with E-state index < -0.39 is 0 Å². The highest BCUT2D eigenvalue weighted by molar-refractivity contribution is 6.09. The fourth-order valence-electron chi connectivity index (χ4n) is 15.2. The summed E-state index contributed by atoms with van der Waals surface area (Å²) >= 11 is 0. The standard InChI is InChI=1S/C82H84N4/c1-6-10-14-22-50-81(51-23-15-11-7-2)75-54-62(60-32-30-59(58-83)31-33-60)36-46-69(75)71-48-44-67(56-77(71)81)85(65-40-42-66(43-41-65)86-79-28-20-18-26-73(79)74-27-19-21-29-80(74)86)68-45-49-72-70-47-37-63(61-34-38-64(84-5)39-35-61)55-76(70)82(78(72)57-68,52-24-16-12-8-3)53-25-17-13-9-4/h18-21,26-49,54-57H,6-17,22-25,50-53H2,1-4H3. The van der Waals surface area contributed by atoms with E-state index in [2.05, 4.69) is 218 Å². The molecular weight excluding hydrogens is 1040 g/mol. The molecule has 432 valence electrons. The van der Waals surface area contributed by atoms with E-state index in [1.807, 2.05) is 24.3 Å². The summed E-state index contributed by atoms with van der Waals surface area (Å²) in [4.78, 5) is 6.34. The highest BCUT2D eigenvalue weighted by Crippen LogP contribution is 2.59. The average molecular weight is 1130 g/mol. The van der Waals surface area contributed by atoms with Gasteiger partial charge in [0.05, 0.1) is 29.2 Å². The lowest BCUT2D eigenvalue weighted by molar-refractivity contribution is 0.401. The Hall–Kier alpha value is -8.44. The molecule has 9 aromatic carbocycles. The smallest absolute Gasteiger partial charge is 0.187 e. The fourth-order valence-corrected chi connectivity index (χ4v) is 15.2. The summed E-state index contributed by atoms with van der Waals surface area (Å²) in [5, 5.41) is 12.3. The van der Waals surface area contributed by atoms with Gasteiger partial charge in [0.15, 0.2) is 5.69 Å². The van der Waals surface area contributed by atoms with Crippen molar-refractivity contribution in [3.05, 3.63) is 233 Å². The van der Waals surface area contributed by atoms with E-state index in [-0.39, 0.29) is 10.8 Å². The minimum absolute atomic E-state index is 0.168. The van der Waals surface area contributed by atoms with E-state index in [0.717, 1.165) is 48.2 Å². The third-order valence-corrected chi connectivity index (χ3v) is 19.7. The van der Waals surface area contributed by atoms with Crippen molar-refractivity contribution in [1.29, 1.82) is 5.26 Å². The minimum atomic E-state index is -0.170. The molecule has 0 aliphatic heterocycles. The number of hydrogen-bond donors (Lipinski definition) is 0.